The first-order chi connectivity index (χ1) is 11.7. The van der Waals surface area contributed by atoms with E-state index in [1.54, 1.807) is 11.3 Å². The van der Waals surface area contributed by atoms with Crippen LogP contribution in [0.25, 0.3) is 0 Å². The number of benzene rings is 1. The van der Waals surface area contributed by atoms with Crippen LogP contribution in [0.1, 0.15) is 30.6 Å². The number of aromatic nitrogens is 3. The number of hydrogen-bond acceptors (Lipinski definition) is 5. The van der Waals surface area contributed by atoms with Crippen molar-refractivity contribution in [2.45, 2.75) is 39.1 Å². The largest absolute Gasteiger partial charge is 0.486 e. The number of hydrogen-bond donors (Lipinski definition) is 1. The van der Waals surface area contributed by atoms with Gasteiger partial charge in [-0.05, 0) is 32.0 Å². The zero-order chi connectivity index (χ0) is 16.8. The Bertz CT molecular complexity index is 727. The number of nitrogens with zero attached hydrogens (tertiary/aromatic N) is 3. The Morgan fingerprint density at radius 3 is 2.79 bits per heavy atom. The molecule has 0 radical (unpaired) electrons. The Morgan fingerprint density at radius 2 is 2.04 bits per heavy atom. The molecule has 0 bridgehead atoms. The van der Waals surface area contributed by atoms with Crippen LogP contribution < -0.4 is 10.1 Å². The van der Waals surface area contributed by atoms with Gasteiger partial charge in [0.1, 0.15) is 17.4 Å². The minimum atomic E-state index is 0.291. The molecule has 0 saturated carbocycles. The summed E-state index contributed by atoms with van der Waals surface area (Å²) in [7, 11) is 0. The number of para-hydroxylation sites is 1. The highest BCUT2D eigenvalue weighted by Gasteiger charge is 2.14. The minimum absolute atomic E-state index is 0.291. The van der Waals surface area contributed by atoms with Crippen molar-refractivity contribution in [3.63, 3.8) is 0 Å². The van der Waals surface area contributed by atoms with Crippen molar-refractivity contribution in [1.29, 1.82) is 0 Å². The molecule has 0 saturated heterocycles. The summed E-state index contributed by atoms with van der Waals surface area (Å²) >= 11 is 1.63. The number of thiazole rings is 1. The Hall–Kier alpha value is -2.18. The number of ether oxygens (including phenoxy) is 1. The van der Waals surface area contributed by atoms with Gasteiger partial charge < -0.3 is 10.1 Å². The maximum atomic E-state index is 5.73. The molecule has 2 unspecified atom stereocenters. The third-order valence-corrected chi connectivity index (χ3v) is 4.85. The predicted molar refractivity (Wildman–Crippen MR) is 96.1 cm³/mol. The van der Waals surface area contributed by atoms with Gasteiger partial charge in [0.15, 0.2) is 0 Å². The Kier molecular flexibility index (Phi) is 5.61. The smallest absolute Gasteiger partial charge is 0.140 e. The van der Waals surface area contributed by atoms with Gasteiger partial charge >= 0.3 is 0 Å². The van der Waals surface area contributed by atoms with E-state index in [0.717, 1.165) is 23.0 Å². The third kappa shape index (κ3) is 4.43. The average molecular weight is 342 g/mol. The fourth-order valence-electron chi connectivity index (χ4n) is 2.34. The van der Waals surface area contributed by atoms with Gasteiger partial charge in [-0.1, -0.05) is 18.2 Å². The highest BCUT2D eigenvalue weighted by molar-refractivity contribution is 7.09. The van der Waals surface area contributed by atoms with Gasteiger partial charge in [-0.25, -0.2) is 4.98 Å². The van der Waals surface area contributed by atoms with Crippen LogP contribution in [0.2, 0.25) is 0 Å². The van der Waals surface area contributed by atoms with E-state index >= 15 is 0 Å². The van der Waals surface area contributed by atoms with Crippen molar-refractivity contribution < 1.29 is 4.74 Å². The van der Waals surface area contributed by atoms with Gasteiger partial charge in [-0.3, -0.25) is 4.68 Å². The molecule has 126 valence electrons. The second-order valence-electron chi connectivity index (χ2n) is 5.73. The molecule has 0 amide bonds. The van der Waals surface area contributed by atoms with Crippen molar-refractivity contribution >= 4 is 11.3 Å². The molecule has 0 spiro atoms. The summed E-state index contributed by atoms with van der Waals surface area (Å²) in [6.45, 7) is 5.57. The van der Waals surface area contributed by atoms with Gasteiger partial charge in [-0.15, -0.1) is 11.3 Å². The van der Waals surface area contributed by atoms with E-state index in [1.165, 1.54) is 0 Å². The summed E-state index contributed by atoms with van der Waals surface area (Å²) in [5.41, 5.74) is 1.05. The van der Waals surface area contributed by atoms with E-state index in [0.29, 0.717) is 18.7 Å². The topological polar surface area (TPSA) is 52.0 Å². The fourth-order valence-corrected chi connectivity index (χ4v) is 3.05. The summed E-state index contributed by atoms with van der Waals surface area (Å²) in [5, 5.41) is 10.9. The molecule has 3 aromatic rings. The van der Waals surface area contributed by atoms with Crippen molar-refractivity contribution in [3.8, 4) is 5.75 Å². The zero-order valence-electron chi connectivity index (χ0n) is 13.9. The van der Waals surface area contributed by atoms with Crippen LogP contribution in [0.4, 0.5) is 0 Å². The summed E-state index contributed by atoms with van der Waals surface area (Å²) in [5.74, 6) is 0.869. The molecule has 0 aliphatic rings. The zero-order valence-corrected chi connectivity index (χ0v) is 14.7. The van der Waals surface area contributed by atoms with Gasteiger partial charge in [-0.2, -0.15) is 5.10 Å². The molecule has 0 fully saturated rings. The monoisotopic (exact) mass is 342 g/mol. The van der Waals surface area contributed by atoms with Crippen LogP contribution in [-0.2, 0) is 13.2 Å². The quantitative estimate of drug-likeness (QED) is 0.679. The van der Waals surface area contributed by atoms with Gasteiger partial charge in [0.2, 0.25) is 0 Å². The van der Waals surface area contributed by atoms with Gasteiger partial charge in [0, 0.05) is 30.4 Å². The molecule has 3 rings (SSSR count). The van der Waals surface area contributed by atoms with Crippen LogP contribution in [0.15, 0.2) is 54.2 Å². The second kappa shape index (κ2) is 8.08. The molecular formula is C18H22N4OS. The summed E-state index contributed by atoms with van der Waals surface area (Å²) in [6, 6.07) is 12.4. The van der Waals surface area contributed by atoms with E-state index in [1.807, 2.05) is 53.5 Å². The molecular weight excluding hydrogens is 320 g/mol. The predicted octanol–water partition coefficient (Wildman–Crippen LogP) is 3.66. The first kappa shape index (κ1) is 16.7. The lowest BCUT2D eigenvalue weighted by Crippen LogP contribution is -2.33. The van der Waals surface area contributed by atoms with Gasteiger partial charge in [0.25, 0.3) is 0 Å². The highest BCUT2D eigenvalue weighted by Crippen LogP contribution is 2.16. The van der Waals surface area contributed by atoms with E-state index in [4.69, 9.17) is 4.74 Å². The summed E-state index contributed by atoms with van der Waals surface area (Å²) < 4.78 is 7.70. The average Bonchev–Trinajstić information content (AvgIpc) is 3.30. The van der Waals surface area contributed by atoms with E-state index in [2.05, 4.69) is 34.6 Å². The van der Waals surface area contributed by atoms with Crippen LogP contribution in [0, 0.1) is 0 Å². The molecule has 2 atom stereocenters. The highest BCUT2D eigenvalue weighted by atomic mass is 32.1. The van der Waals surface area contributed by atoms with Crippen molar-refractivity contribution in [2.24, 2.45) is 0 Å². The molecule has 2 heterocycles. The number of nitrogens with one attached hydrogen (secondary N) is 1. The lowest BCUT2D eigenvalue weighted by Gasteiger charge is -2.21. The third-order valence-electron chi connectivity index (χ3n) is 3.98. The molecule has 5 nitrogen and oxygen atoms in total. The van der Waals surface area contributed by atoms with Crippen LogP contribution >= 0.6 is 11.3 Å². The van der Waals surface area contributed by atoms with Crippen molar-refractivity contribution in [2.75, 3.05) is 0 Å². The van der Waals surface area contributed by atoms with Crippen molar-refractivity contribution in [1.82, 2.24) is 20.1 Å². The lowest BCUT2D eigenvalue weighted by molar-refractivity contribution is 0.305. The lowest BCUT2D eigenvalue weighted by atomic mass is 10.2. The Balaban J connectivity index is 1.47. The molecule has 0 aliphatic carbocycles. The first-order valence-electron chi connectivity index (χ1n) is 8.06. The SMILES string of the molecule is CC(NCc1csc(COc2ccccc2)n1)C(C)n1cccn1. The summed E-state index contributed by atoms with van der Waals surface area (Å²) in [4.78, 5) is 4.63. The maximum absolute atomic E-state index is 5.73. The Labute approximate surface area is 146 Å². The van der Waals surface area contributed by atoms with Crippen LogP contribution in [-0.4, -0.2) is 20.8 Å². The maximum Gasteiger partial charge on any atom is 0.140 e. The molecule has 24 heavy (non-hydrogen) atoms. The van der Waals surface area contributed by atoms with Crippen molar-refractivity contribution in [3.05, 3.63) is 64.9 Å². The second-order valence-corrected chi connectivity index (χ2v) is 6.67. The van der Waals surface area contributed by atoms with Gasteiger partial charge in [0.05, 0.1) is 11.7 Å². The molecule has 1 aromatic carbocycles. The van der Waals surface area contributed by atoms with E-state index in [-0.39, 0.29) is 0 Å². The first-order valence-corrected chi connectivity index (χ1v) is 8.94. The standard InChI is InChI=1S/C18H22N4OS/c1-14(15(2)22-10-6-9-20-22)19-11-16-13-24-18(21-16)12-23-17-7-4-3-5-8-17/h3-10,13-15,19H,11-12H2,1-2H3. The fraction of sp³-hybridized carbons (Fsp3) is 0.333. The van der Waals surface area contributed by atoms with Crippen LogP contribution in [0.3, 0.4) is 0 Å². The van der Waals surface area contributed by atoms with E-state index < -0.39 is 0 Å². The normalized spacial score (nSPS) is 13.6. The molecule has 1 N–H and O–H groups in total. The minimum Gasteiger partial charge on any atom is -0.486 e. The van der Waals surface area contributed by atoms with E-state index in [9.17, 15) is 0 Å². The van der Waals surface area contributed by atoms with Crippen LogP contribution in [0.5, 0.6) is 5.75 Å². The molecule has 6 heteroatoms. The summed E-state index contributed by atoms with van der Waals surface area (Å²) in [6.07, 6.45) is 3.80. The number of rotatable bonds is 8. The molecule has 2 aromatic heterocycles. The molecule has 0 aliphatic heterocycles. The Morgan fingerprint density at radius 1 is 1.21 bits per heavy atom.